The molecule has 2 aromatic rings. The number of hydrogen-bond acceptors (Lipinski definition) is 3. The van der Waals surface area contributed by atoms with Crippen molar-refractivity contribution in [2.24, 2.45) is 0 Å². The smallest absolute Gasteiger partial charge is 0.232 e. The zero-order chi connectivity index (χ0) is 21.1. The first-order valence-electron chi connectivity index (χ1n) is 10.5. The summed E-state index contributed by atoms with van der Waals surface area (Å²) in [5, 5.41) is 3.39. The predicted octanol–water partition coefficient (Wildman–Crippen LogP) is 3.71. The van der Waals surface area contributed by atoms with Crippen LogP contribution in [0, 0.1) is 5.82 Å². The average molecular weight is 433 g/mol. The second-order valence-electron chi connectivity index (χ2n) is 8.46. The van der Waals surface area contributed by atoms with Gasteiger partial charge in [0.25, 0.3) is 0 Å². The van der Waals surface area contributed by atoms with E-state index in [-0.39, 0.29) is 29.1 Å². The van der Waals surface area contributed by atoms with E-state index in [9.17, 15) is 13.2 Å². The van der Waals surface area contributed by atoms with Gasteiger partial charge < -0.3 is 10.1 Å². The van der Waals surface area contributed by atoms with Crippen molar-refractivity contribution in [2.75, 3.05) is 13.7 Å². The summed E-state index contributed by atoms with van der Waals surface area (Å²) in [6, 6.07) is 14.1. The number of rotatable bonds is 9. The molecule has 0 radical (unpaired) electrons. The lowest BCUT2D eigenvalue weighted by molar-refractivity contribution is 0.162. The number of hydrogen-bond donors (Lipinski definition) is 3. The maximum absolute atomic E-state index is 14.7. The van der Waals surface area contributed by atoms with Gasteiger partial charge in [-0.25, -0.2) is 13.3 Å². The van der Waals surface area contributed by atoms with Crippen molar-refractivity contribution in [3.05, 3.63) is 65.0 Å². The zero-order valence-electron chi connectivity index (χ0n) is 17.2. The van der Waals surface area contributed by atoms with Crippen LogP contribution in [0.1, 0.15) is 48.3 Å². The first kappa shape index (κ1) is 21.4. The first-order valence-corrected chi connectivity index (χ1v) is 11.7. The number of halogens is 1. The van der Waals surface area contributed by atoms with E-state index >= 15 is 0 Å². The van der Waals surface area contributed by atoms with Gasteiger partial charge in [-0.15, -0.1) is 0 Å². The lowest BCUT2D eigenvalue weighted by Gasteiger charge is -2.41. The lowest BCUT2D eigenvalue weighted by Crippen LogP contribution is -2.52. The molecule has 0 bridgehead atoms. The molecule has 3 unspecified atom stereocenters. The summed E-state index contributed by atoms with van der Waals surface area (Å²) in [6.07, 6.45) is 4.94. The Kier molecular flexibility index (Phi) is 6.53. The first-order chi connectivity index (χ1) is 14.5. The molecule has 1 saturated carbocycles. The van der Waals surface area contributed by atoms with Crippen LogP contribution in [-0.2, 0) is 24.1 Å². The molecular weight excluding hydrogens is 403 g/mol. The van der Waals surface area contributed by atoms with Crippen molar-refractivity contribution < 1.29 is 17.9 Å². The molecule has 3 N–H and O–H groups in total. The third kappa shape index (κ3) is 4.59. The minimum absolute atomic E-state index is 0.256. The average Bonchev–Trinajstić information content (AvgIpc) is 3.03. The van der Waals surface area contributed by atoms with E-state index in [0.717, 1.165) is 43.2 Å². The second kappa shape index (κ2) is 9.14. The Bertz CT molecular complexity index is 905. The Morgan fingerprint density at radius 2 is 2.03 bits per heavy atom. The number of ether oxygens (including phenoxy) is 1. The fourth-order valence-electron chi connectivity index (χ4n) is 4.81. The topological polar surface area (TPSA) is 70.6 Å². The maximum atomic E-state index is 14.7. The van der Waals surface area contributed by atoms with E-state index in [1.165, 1.54) is 5.56 Å². The molecule has 0 aliphatic heterocycles. The SMILES string of the molecule is CNC1Cc2cc(F)c(OCCC3(NS(=O)O)CCC3)cc2C1Cc1ccccc1. The van der Waals surface area contributed by atoms with Crippen LogP contribution in [0.5, 0.6) is 5.75 Å². The van der Waals surface area contributed by atoms with E-state index in [0.29, 0.717) is 13.0 Å². The Hall–Kier alpha value is -1.80. The van der Waals surface area contributed by atoms with E-state index < -0.39 is 11.3 Å². The summed E-state index contributed by atoms with van der Waals surface area (Å²) >= 11 is -2.05. The minimum Gasteiger partial charge on any atom is -0.490 e. The Morgan fingerprint density at radius 1 is 1.27 bits per heavy atom. The van der Waals surface area contributed by atoms with Gasteiger partial charge in [0.15, 0.2) is 11.6 Å². The highest BCUT2D eigenvalue weighted by molar-refractivity contribution is 7.77. The third-order valence-corrected chi connectivity index (χ3v) is 7.25. The van der Waals surface area contributed by atoms with Gasteiger partial charge >= 0.3 is 0 Å². The summed E-state index contributed by atoms with van der Waals surface area (Å²) in [6.45, 7) is 0.304. The van der Waals surface area contributed by atoms with Crippen LogP contribution >= 0.6 is 0 Å². The van der Waals surface area contributed by atoms with Gasteiger partial charge in [-0.1, -0.05) is 30.3 Å². The number of benzene rings is 2. The van der Waals surface area contributed by atoms with Gasteiger partial charge in [-0.3, -0.25) is 4.55 Å². The number of nitrogens with one attached hydrogen (secondary N) is 2. The second-order valence-corrected chi connectivity index (χ2v) is 9.16. The number of fused-ring (bicyclic) bond motifs is 1. The normalized spacial score (nSPS) is 22.9. The summed E-state index contributed by atoms with van der Waals surface area (Å²) in [4.78, 5) is 0. The van der Waals surface area contributed by atoms with Gasteiger partial charge in [0.2, 0.25) is 11.3 Å². The third-order valence-electron chi connectivity index (χ3n) is 6.64. The molecule has 0 aromatic heterocycles. The number of likely N-dealkylation sites (N-methyl/N-ethyl adjacent to an activating group) is 1. The van der Waals surface area contributed by atoms with E-state index in [1.54, 1.807) is 6.07 Å². The highest BCUT2D eigenvalue weighted by Gasteiger charge is 2.38. The molecule has 0 spiro atoms. The molecular formula is C23H29FN2O3S. The van der Waals surface area contributed by atoms with Crippen LogP contribution < -0.4 is 14.8 Å². The minimum atomic E-state index is -2.05. The lowest BCUT2D eigenvalue weighted by atomic mass is 9.75. The molecule has 2 aliphatic carbocycles. The molecule has 0 amide bonds. The van der Waals surface area contributed by atoms with Gasteiger partial charge in [0.1, 0.15) is 0 Å². The zero-order valence-corrected chi connectivity index (χ0v) is 18.0. The standard InChI is InChI=1S/C23H29FN2O3S/c1-25-21-14-17-13-20(24)22(29-11-10-23(8-5-9-23)26-30(27)28)15-18(17)19(21)12-16-6-3-2-4-7-16/h2-4,6-7,13,15,19,21,25-26H,5,8-12,14H2,1H3,(H,27,28). The van der Waals surface area contributed by atoms with Crippen LogP contribution in [-0.4, -0.2) is 34.0 Å². The van der Waals surface area contributed by atoms with Crippen LogP contribution in [0.2, 0.25) is 0 Å². The molecule has 30 heavy (non-hydrogen) atoms. The highest BCUT2D eigenvalue weighted by atomic mass is 32.2. The molecule has 162 valence electrons. The van der Waals surface area contributed by atoms with Crippen molar-refractivity contribution in [3.63, 3.8) is 0 Å². The molecule has 3 atom stereocenters. The summed E-state index contributed by atoms with van der Waals surface area (Å²) in [5.41, 5.74) is 3.06. The fourth-order valence-corrected chi connectivity index (χ4v) is 5.49. The van der Waals surface area contributed by atoms with Crippen molar-refractivity contribution in [2.45, 2.75) is 56.0 Å². The maximum Gasteiger partial charge on any atom is 0.232 e. The molecule has 0 saturated heterocycles. The van der Waals surface area contributed by atoms with Crippen molar-refractivity contribution in [1.82, 2.24) is 10.0 Å². The van der Waals surface area contributed by atoms with Crippen molar-refractivity contribution >= 4 is 11.3 Å². The van der Waals surface area contributed by atoms with E-state index in [4.69, 9.17) is 4.74 Å². The Balaban J connectivity index is 1.48. The van der Waals surface area contributed by atoms with Crippen molar-refractivity contribution in [1.29, 1.82) is 0 Å². The fraction of sp³-hybridized carbons (Fsp3) is 0.478. The van der Waals surface area contributed by atoms with Gasteiger partial charge in [0.05, 0.1) is 6.61 Å². The highest BCUT2D eigenvalue weighted by Crippen LogP contribution is 2.40. The molecule has 2 aliphatic rings. The van der Waals surface area contributed by atoms with Crippen LogP contribution in [0.25, 0.3) is 0 Å². The Morgan fingerprint density at radius 3 is 2.67 bits per heavy atom. The van der Waals surface area contributed by atoms with Crippen molar-refractivity contribution in [3.8, 4) is 5.75 Å². The monoisotopic (exact) mass is 432 g/mol. The van der Waals surface area contributed by atoms with Crippen LogP contribution in [0.3, 0.4) is 0 Å². The van der Waals surface area contributed by atoms with E-state index in [2.05, 4.69) is 22.2 Å². The molecule has 0 heterocycles. The largest absolute Gasteiger partial charge is 0.490 e. The molecule has 4 rings (SSSR count). The molecule has 2 aromatic carbocycles. The van der Waals surface area contributed by atoms with Gasteiger partial charge in [0, 0.05) is 23.9 Å². The Labute approximate surface area is 179 Å². The predicted molar refractivity (Wildman–Crippen MR) is 116 cm³/mol. The van der Waals surface area contributed by atoms with E-state index in [1.807, 2.05) is 31.3 Å². The molecule has 1 fully saturated rings. The van der Waals surface area contributed by atoms with Crippen LogP contribution in [0.15, 0.2) is 42.5 Å². The summed E-state index contributed by atoms with van der Waals surface area (Å²) in [7, 11) is 1.96. The van der Waals surface area contributed by atoms with Gasteiger partial charge in [-0.05, 0) is 68.0 Å². The molecule has 5 nitrogen and oxygen atoms in total. The van der Waals surface area contributed by atoms with Crippen LogP contribution in [0.4, 0.5) is 4.39 Å². The summed E-state index contributed by atoms with van der Waals surface area (Å²) < 4.78 is 43.6. The summed E-state index contributed by atoms with van der Waals surface area (Å²) in [5.74, 6) is 0.181. The quantitative estimate of drug-likeness (QED) is 0.529. The molecule has 7 heteroatoms. The van der Waals surface area contributed by atoms with Gasteiger partial charge in [-0.2, -0.15) is 0 Å².